The minimum absolute atomic E-state index is 0.234. The molecule has 0 amide bonds. The SMILES string of the molecule is Cc1nc(C)nc(N2CCc3c([nH]c4ccc(Cl)cc34)[C@@H]2c2ccc(C)c(F)c2F)n1. The van der Waals surface area contributed by atoms with Crippen LogP contribution in [0.25, 0.3) is 10.9 Å². The maximum Gasteiger partial charge on any atom is 0.229 e. The van der Waals surface area contributed by atoms with Crippen LogP contribution in [0.3, 0.4) is 0 Å². The molecule has 5 rings (SSSR count). The molecule has 1 N–H and O–H groups in total. The van der Waals surface area contributed by atoms with Crippen LogP contribution in [0.4, 0.5) is 14.7 Å². The first-order chi connectivity index (χ1) is 14.8. The molecule has 1 aliphatic rings. The highest BCUT2D eigenvalue weighted by molar-refractivity contribution is 6.31. The van der Waals surface area contributed by atoms with E-state index in [-0.39, 0.29) is 11.1 Å². The Hall–Kier alpha value is -3.06. The number of anilines is 1. The fourth-order valence-electron chi connectivity index (χ4n) is 4.40. The summed E-state index contributed by atoms with van der Waals surface area (Å²) in [6.45, 7) is 5.67. The van der Waals surface area contributed by atoms with Crippen LogP contribution in [0.1, 0.15) is 40.1 Å². The summed E-state index contributed by atoms with van der Waals surface area (Å²) >= 11 is 6.23. The molecule has 1 atom stereocenters. The predicted molar refractivity (Wildman–Crippen MR) is 117 cm³/mol. The van der Waals surface area contributed by atoms with Gasteiger partial charge < -0.3 is 9.88 Å². The summed E-state index contributed by atoms with van der Waals surface area (Å²) in [5, 5.41) is 1.62. The van der Waals surface area contributed by atoms with Crippen LogP contribution >= 0.6 is 11.6 Å². The molecule has 0 unspecified atom stereocenters. The lowest BCUT2D eigenvalue weighted by molar-refractivity contribution is 0.480. The Morgan fingerprint density at radius 2 is 1.74 bits per heavy atom. The minimum atomic E-state index is -0.859. The monoisotopic (exact) mass is 439 g/mol. The highest BCUT2D eigenvalue weighted by Gasteiger charge is 2.36. The number of hydrogen-bond donors (Lipinski definition) is 1. The molecule has 0 aliphatic carbocycles. The van der Waals surface area contributed by atoms with Gasteiger partial charge in [-0.25, -0.2) is 13.8 Å². The van der Waals surface area contributed by atoms with Gasteiger partial charge in [-0.15, -0.1) is 0 Å². The van der Waals surface area contributed by atoms with Crippen LogP contribution in [0.15, 0.2) is 30.3 Å². The van der Waals surface area contributed by atoms with Gasteiger partial charge in [0, 0.05) is 33.7 Å². The number of fused-ring (bicyclic) bond motifs is 3. The Balaban J connectivity index is 1.77. The van der Waals surface area contributed by atoms with Gasteiger partial charge >= 0.3 is 0 Å². The van der Waals surface area contributed by atoms with Crippen molar-refractivity contribution in [3.63, 3.8) is 0 Å². The molecule has 2 aromatic heterocycles. The highest BCUT2D eigenvalue weighted by Crippen LogP contribution is 2.41. The van der Waals surface area contributed by atoms with E-state index >= 15 is 4.39 Å². The van der Waals surface area contributed by atoms with Crippen molar-refractivity contribution in [3.8, 4) is 0 Å². The van der Waals surface area contributed by atoms with Gasteiger partial charge in [-0.2, -0.15) is 9.97 Å². The standard InChI is InChI=1S/C23H20ClF2N5/c1-11-4-6-16(20(26)19(11)25)22-21-15(17-10-14(24)5-7-18(17)30-21)8-9-31(22)23-28-12(2)27-13(3)29-23/h4-7,10,22,30H,8-9H2,1-3H3/t22-/m0/s1. The van der Waals surface area contributed by atoms with Crippen LogP contribution in [0.5, 0.6) is 0 Å². The predicted octanol–water partition coefficient (Wildman–Crippen LogP) is 5.36. The molecule has 0 bridgehead atoms. The summed E-state index contributed by atoms with van der Waals surface area (Å²) in [6, 6.07) is 8.24. The number of rotatable bonds is 2. The summed E-state index contributed by atoms with van der Waals surface area (Å²) in [5.74, 6) is -0.108. The minimum Gasteiger partial charge on any atom is -0.356 e. The van der Waals surface area contributed by atoms with Gasteiger partial charge in [0.05, 0.1) is 0 Å². The lowest BCUT2D eigenvalue weighted by atomic mass is 9.91. The Morgan fingerprint density at radius 3 is 2.48 bits per heavy atom. The molecule has 0 spiro atoms. The number of hydrogen-bond acceptors (Lipinski definition) is 4. The molecule has 31 heavy (non-hydrogen) atoms. The van der Waals surface area contributed by atoms with Crippen molar-refractivity contribution in [1.82, 2.24) is 19.9 Å². The molecule has 0 saturated heterocycles. The number of aryl methyl sites for hydroxylation is 3. The summed E-state index contributed by atoms with van der Waals surface area (Å²) in [5.41, 5.74) is 3.23. The van der Waals surface area contributed by atoms with Gasteiger partial charge in [-0.3, -0.25) is 0 Å². The van der Waals surface area contributed by atoms with E-state index < -0.39 is 17.7 Å². The topological polar surface area (TPSA) is 57.7 Å². The van der Waals surface area contributed by atoms with Crippen molar-refractivity contribution in [2.24, 2.45) is 0 Å². The second-order valence-corrected chi connectivity index (χ2v) is 8.32. The van der Waals surface area contributed by atoms with E-state index in [1.54, 1.807) is 32.9 Å². The fourth-order valence-corrected chi connectivity index (χ4v) is 4.57. The Kier molecular flexibility index (Phi) is 4.66. The molecule has 2 aromatic carbocycles. The van der Waals surface area contributed by atoms with Crippen molar-refractivity contribution in [1.29, 1.82) is 0 Å². The zero-order chi connectivity index (χ0) is 21.9. The fraction of sp³-hybridized carbons (Fsp3) is 0.261. The smallest absolute Gasteiger partial charge is 0.229 e. The van der Waals surface area contributed by atoms with E-state index in [4.69, 9.17) is 11.6 Å². The maximum absolute atomic E-state index is 15.2. The van der Waals surface area contributed by atoms with Gasteiger partial charge in [0.15, 0.2) is 11.6 Å². The van der Waals surface area contributed by atoms with Crippen LogP contribution in [0.2, 0.25) is 5.02 Å². The van der Waals surface area contributed by atoms with E-state index in [2.05, 4.69) is 19.9 Å². The van der Waals surface area contributed by atoms with Crippen LogP contribution in [0, 0.1) is 32.4 Å². The number of benzene rings is 2. The van der Waals surface area contributed by atoms with Crippen molar-refractivity contribution in [3.05, 3.63) is 81.0 Å². The summed E-state index contributed by atoms with van der Waals surface area (Å²) in [4.78, 5) is 18.6. The first-order valence-electron chi connectivity index (χ1n) is 10.0. The number of aromatic nitrogens is 4. The first-order valence-corrected chi connectivity index (χ1v) is 10.4. The van der Waals surface area contributed by atoms with Crippen molar-refractivity contribution in [2.45, 2.75) is 33.2 Å². The van der Waals surface area contributed by atoms with Gasteiger partial charge in [0.25, 0.3) is 0 Å². The van der Waals surface area contributed by atoms with Crippen LogP contribution < -0.4 is 4.90 Å². The molecule has 0 saturated carbocycles. The second-order valence-electron chi connectivity index (χ2n) is 7.88. The maximum atomic E-state index is 15.2. The van der Waals surface area contributed by atoms with E-state index in [1.807, 2.05) is 23.1 Å². The summed E-state index contributed by atoms with van der Waals surface area (Å²) < 4.78 is 29.8. The number of aromatic amines is 1. The zero-order valence-electron chi connectivity index (χ0n) is 17.3. The Morgan fingerprint density at radius 1 is 1.00 bits per heavy atom. The van der Waals surface area contributed by atoms with Crippen LogP contribution in [-0.4, -0.2) is 26.5 Å². The van der Waals surface area contributed by atoms with Crippen molar-refractivity contribution >= 4 is 28.5 Å². The summed E-state index contributed by atoms with van der Waals surface area (Å²) in [7, 11) is 0. The van der Waals surface area contributed by atoms with Crippen molar-refractivity contribution in [2.75, 3.05) is 11.4 Å². The van der Waals surface area contributed by atoms with E-state index in [1.165, 1.54) is 0 Å². The Bertz CT molecular complexity index is 1310. The number of nitrogens with one attached hydrogen (secondary N) is 1. The van der Waals surface area contributed by atoms with Crippen molar-refractivity contribution < 1.29 is 8.78 Å². The number of nitrogens with zero attached hydrogens (tertiary/aromatic N) is 4. The molecule has 1 aliphatic heterocycles. The average Bonchev–Trinajstić information content (AvgIpc) is 3.09. The van der Waals surface area contributed by atoms with Gasteiger partial charge in [-0.05, 0) is 56.5 Å². The molecule has 5 nitrogen and oxygen atoms in total. The molecular formula is C23H20ClF2N5. The average molecular weight is 440 g/mol. The molecule has 0 fully saturated rings. The molecular weight excluding hydrogens is 420 g/mol. The molecule has 3 heterocycles. The van der Waals surface area contributed by atoms with Crippen LogP contribution in [-0.2, 0) is 6.42 Å². The Labute approximate surface area is 183 Å². The van der Waals surface area contributed by atoms with Gasteiger partial charge in [-0.1, -0.05) is 23.7 Å². The quantitative estimate of drug-likeness (QED) is 0.456. The summed E-state index contributed by atoms with van der Waals surface area (Å²) in [6.07, 6.45) is 0.686. The van der Waals surface area contributed by atoms with Gasteiger partial charge in [0.2, 0.25) is 5.95 Å². The van der Waals surface area contributed by atoms with E-state index in [0.29, 0.717) is 35.6 Å². The molecule has 0 radical (unpaired) electrons. The molecule has 4 aromatic rings. The third-order valence-corrected chi connectivity index (χ3v) is 6.03. The van der Waals surface area contributed by atoms with E-state index in [9.17, 15) is 4.39 Å². The van der Waals surface area contributed by atoms with E-state index in [0.717, 1.165) is 22.2 Å². The largest absolute Gasteiger partial charge is 0.356 e. The lowest BCUT2D eigenvalue weighted by Gasteiger charge is -2.36. The zero-order valence-corrected chi connectivity index (χ0v) is 18.1. The number of halogens is 3. The molecule has 158 valence electrons. The normalized spacial score (nSPS) is 16.1. The molecule has 8 heteroatoms. The highest BCUT2D eigenvalue weighted by atomic mass is 35.5. The lowest BCUT2D eigenvalue weighted by Crippen LogP contribution is -2.38. The third-order valence-electron chi connectivity index (χ3n) is 5.79. The van der Waals surface area contributed by atoms with Gasteiger partial charge in [0.1, 0.15) is 17.7 Å². The number of H-pyrrole nitrogens is 1. The third kappa shape index (κ3) is 3.24. The second kappa shape index (κ2) is 7.27. The first kappa shape index (κ1) is 19.9.